The van der Waals surface area contributed by atoms with Crippen molar-refractivity contribution < 1.29 is 9.90 Å². The number of nitrogens with zero attached hydrogens (tertiary/aromatic N) is 2. The van der Waals surface area contributed by atoms with Crippen LogP contribution in [0.4, 0.5) is 0 Å². The number of piperidine rings is 1. The number of β-amino-alcohol motifs (C(OH)–C–C–N with tert-alkyl or cyclic N) is 1. The van der Waals surface area contributed by atoms with Crippen LogP contribution in [0.2, 0.25) is 0 Å². The predicted octanol–water partition coefficient (Wildman–Crippen LogP) is 0.844. The summed E-state index contributed by atoms with van der Waals surface area (Å²) in [6, 6.07) is 0.398. The van der Waals surface area contributed by atoms with E-state index < -0.39 is 5.60 Å². The van der Waals surface area contributed by atoms with E-state index in [0.717, 1.165) is 19.4 Å². The van der Waals surface area contributed by atoms with Crippen molar-refractivity contribution in [2.45, 2.75) is 50.7 Å². The van der Waals surface area contributed by atoms with Gasteiger partial charge in [-0.3, -0.25) is 9.69 Å². The van der Waals surface area contributed by atoms with E-state index in [1.807, 2.05) is 4.90 Å². The molecule has 2 heterocycles. The number of hydrogen-bond donors (Lipinski definition) is 1. The highest BCUT2D eigenvalue weighted by Crippen LogP contribution is 2.44. The summed E-state index contributed by atoms with van der Waals surface area (Å²) >= 11 is 0. The van der Waals surface area contributed by atoms with Gasteiger partial charge in [0, 0.05) is 25.7 Å². The Balaban J connectivity index is 1.47. The third-order valence-electron chi connectivity index (χ3n) is 4.81. The van der Waals surface area contributed by atoms with Crippen molar-refractivity contribution >= 4 is 5.91 Å². The molecule has 1 saturated carbocycles. The van der Waals surface area contributed by atoms with E-state index in [4.69, 9.17) is 0 Å². The Morgan fingerprint density at radius 3 is 2.61 bits per heavy atom. The highest BCUT2D eigenvalue weighted by molar-refractivity contribution is 5.78. The van der Waals surface area contributed by atoms with Crippen molar-refractivity contribution in [2.75, 3.05) is 26.2 Å². The Morgan fingerprint density at radius 2 is 2.00 bits per heavy atom. The van der Waals surface area contributed by atoms with Crippen LogP contribution in [0.15, 0.2) is 0 Å². The first-order chi connectivity index (χ1) is 8.58. The second-order valence-corrected chi connectivity index (χ2v) is 6.45. The average molecular weight is 252 g/mol. The predicted molar refractivity (Wildman–Crippen MR) is 69.1 cm³/mol. The summed E-state index contributed by atoms with van der Waals surface area (Å²) in [5.74, 6) is 0.762. The summed E-state index contributed by atoms with van der Waals surface area (Å²) in [7, 11) is 0. The van der Waals surface area contributed by atoms with E-state index in [1.54, 1.807) is 0 Å². The van der Waals surface area contributed by atoms with E-state index in [9.17, 15) is 9.90 Å². The molecule has 1 aliphatic carbocycles. The van der Waals surface area contributed by atoms with Crippen molar-refractivity contribution in [3.63, 3.8) is 0 Å². The largest absolute Gasteiger partial charge is 0.387 e. The Hall–Kier alpha value is -0.610. The third-order valence-corrected chi connectivity index (χ3v) is 4.81. The van der Waals surface area contributed by atoms with Crippen molar-refractivity contribution in [1.82, 2.24) is 9.80 Å². The molecule has 1 N–H and O–H groups in total. The molecule has 3 aliphatic rings. The van der Waals surface area contributed by atoms with Gasteiger partial charge in [0.1, 0.15) is 0 Å². The van der Waals surface area contributed by atoms with Crippen LogP contribution in [-0.2, 0) is 4.79 Å². The van der Waals surface area contributed by atoms with Crippen LogP contribution in [0.5, 0.6) is 0 Å². The Labute approximate surface area is 109 Å². The van der Waals surface area contributed by atoms with Crippen LogP contribution in [-0.4, -0.2) is 58.6 Å². The minimum Gasteiger partial charge on any atom is -0.387 e. The van der Waals surface area contributed by atoms with Crippen molar-refractivity contribution in [1.29, 1.82) is 0 Å². The van der Waals surface area contributed by atoms with E-state index in [-0.39, 0.29) is 5.91 Å². The first-order valence-corrected chi connectivity index (χ1v) is 7.33. The van der Waals surface area contributed by atoms with Crippen molar-refractivity contribution in [3.8, 4) is 0 Å². The number of likely N-dealkylation sites (tertiary alicyclic amines) is 2. The number of hydrogen-bond acceptors (Lipinski definition) is 3. The molecule has 18 heavy (non-hydrogen) atoms. The fraction of sp³-hybridized carbons (Fsp3) is 0.929. The lowest BCUT2D eigenvalue weighted by Gasteiger charge is -2.47. The maximum Gasteiger partial charge on any atom is 0.236 e. The van der Waals surface area contributed by atoms with Crippen LogP contribution in [0.1, 0.15) is 39.0 Å². The van der Waals surface area contributed by atoms with Gasteiger partial charge >= 0.3 is 0 Å². The first-order valence-electron chi connectivity index (χ1n) is 7.33. The SMILES string of the molecule is CC1CCCCN1C(=O)CN1CC(O)(C2CC2)C1. The monoisotopic (exact) mass is 252 g/mol. The highest BCUT2D eigenvalue weighted by atomic mass is 16.3. The van der Waals surface area contributed by atoms with E-state index in [2.05, 4.69) is 11.8 Å². The van der Waals surface area contributed by atoms with Crippen LogP contribution in [0.3, 0.4) is 0 Å². The molecule has 102 valence electrons. The lowest BCUT2D eigenvalue weighted by atomic mass is 9.89. The third kappa shape index (κ3) is 2.28. The molecule has 2 saturated heterocycles. The smallest absolute Gasteiger partial charge is 0.236 e. The van der Waals surface area contributed by atoms with E-state index >= 15 is 0 Å². The lowest BCUT2D eigenvalue weighted by molar-refractivity contribution is -0.147. The van der Waals surface area contributed by atoms with Gasteiger partial charge in [0.2, 0.25) is 5.91 Å². The minimum atomic E-state index is -0.464. The fourth-order valence-corrected chi connectivity index (χ4v) is 3.47. The molecule has 3 rings (SSSR count). The first kappa shape index (κ1) is 12.4. The molecule has 4 nitrogen and oxygen atoms in total. The molecule has 0 aromatic heterocycles. The van der Waals surface area contributed by atoms with Crippen LogP contribution in [0.25, 0.3) is 0 Å². The zero-order chi connectivity index (χ0) is 12.8. The molecule has 0 radical (unpaired) electrons. The Bertz CT molecular complexity index is 335. The van der Waals surface area contributed by atoms with E-state index in [0.29, 0.717) is 31.6 Å². The molecule has 2 aliphatic heterocycles. The molecular formula is C14H24N2O2. The molecule has 0 bridgehead atoms. The van der Waals surface area contributed by atoms with Gasteiger partial charge in [-0.25, -0.2) is 0 Å². The second kappa shape index (κ2) is 4.49. The quantitative estimate of drug-likeness (QED) is 0.809. The summed E-state index contributed by atoms with van der Waals surface area (Å²) in [5, 5.41) is 10.2. The minimum absolute atomic E-state index is 0.250. The molecule has 0 aromatic rings. The van der Waals surface area contributed by atoms with Crippen molar-refractivity contribution in [3.05, 3.63) is 0 Å². The molecular weight excluding hydrogens is 228 g/mol. The second-order valence-electron chi connectivity index (χ2n) is 6.45. The van der Waals surface area contributed by atoms with Gasteiger partial charge < -0.3 is 10.0 Å². The molecule has 0 spiro atoms. The lowest BCUT2D eigenvalue weighted by Crippen LogP contribution is -2.65. The maximum absolute atomic E-state index is 12.2. The number of rotatable bonds is 3. The van der Waals surface area contributed by atoms with Crippen LogP contribution < -0.4 is 0 Å². The van der Waals surface area contributed by atoms with Gasteiger partial charge in [-0.1, -0.05) is 0 Å². The Kier molecular flexibility index (Phi) is 3.10. The van der Waals surface area contributed by atoms with Crippen molar-refractivity contribution in [2.24, 2.45) is 5.92 Å². The molecule has 0 aromatic carbocycles. The van der Waals surface area contributed by atoms with Crippen LogP contribution in [0, 0.1) is 5.92 Å². The van der Waals surface area contributed by atoms with Gasteiger partial charge in [0.05, 0.1) is 12.1 Å². The topological polar surface area (TPSA) is 43.8 Å². The standard InChI is InChI=1S/C14H24N2O2/c1-11-4-2-3-7-16(11)13(17)8-15-9-14(18,10-15)12-5-6-12/h11-12,18H,2-10H2,1H3. The number of aliphatic hydroxyl groups is 1. The van der Waals surface area contributed by atoms with Gasteiger partial charge in [-0.15, -0.1) is 0 Å². The van der Waals surface area contributed by atoms with Crippen LogP contribution >= 0.6 is 0 Å². The molecule has 3 fully saturated rings. The number of amides is 1. The summed E-state index contributed by atoms with van der Waals surface area (Å²) in [5.41, 5.74) is -0.464. The summed E-state index contributed by atoms with van der Waals surface area (Å²) in [6.07, 6.45) is 5.86. The molecule has 1 amide bonds. The molecule has 1 unspecified atom stereocenters. The van der Waals surface area contributed by atoms with E-state index in [1.165, 1.54) is 19.3 Å². The number of carbonyl (C=O) groups excluding carboxylic acids is 1. The van der Waals surface area contributed by atoms with Gasteiger partial charge in [0.25, 0.3) is 0 Å². The van der Waals surface area contributed by atoms with Gasteiger partial charge in [-0.05, 0) is 44.9 Å². The normalized spacial score (nSPS) is 32.1. The Morgan fingerprint density at radius 1 is 1.28 bits per heavy atom. The number of carbonyl (C=O) groups is 1. The highest BCUT2D eigenvalue weighted by Gasteiger charge is 2.52. The van der Waals surface area contributed by atoms with Gasteiger partial charge in [0.15, 0.2) is 0 Å². The fourth-order valence-electron chi connectivity index (χ4n) is 3.47. The summed E-state index contributed by atoms with van der Waals surface area (Å²) in [4.78, 5) is 16.3. The zero-order valence-electron chi connectivity index (χ0n) is 11.3. The summed E-state index contributed by atoms with van der Waals surface area (Å²) < 4.78 is 0. The average Bonchev–Trinajstić information content (AvgIpc) is 3.11. The maximum atomic E-state index is 12.2. The molecule has 4 heteroatoms. The molecule has 1 atom stereocenters. The summed E-state index contributed by atoms with van der Waals surface area (Å²) in [6.45, 7) is 4.96. The zero-order valence-corrected chi connectivity index (χ0v) is 11.3. The van der Waals surface area contributed by atoms with Gasteiger partial charge in [-0.2, -0.15) is 0 Å².